The second-order valence-electron chi connectivity index (χ2n) is 0.993. The summed E-state index contributed by atoms with van der Waals surface area (Å²) >= 11 is -5.29. The number of hydrogen-bond acceptors (Lipinski definition) is 5. The third-order valence-electron chi connectivity index (χ3n) is 0.116. The molecule has 0 saturated heterocycles. The van der Waals surface area contributed by atoms with Crippen molar-refractivity contribution in [2.75, 3.05) is 0 Å². The van der Waals surface area contributed by atoms with Gasteiger partial charge in [-0.25, -0.2) is 0 Å². The Kier molecular flexibility index (Phi) is 15.0. The number of rotatable bonds is 2. The van der Waals surface area contributed by atoms with Crippen molar-refractivity contribution in [1.29, 1.82) is 0 Å². The minimum Gasteiger partial charge on any atom is -0.756 e. The molecule has 0 aliphatic heterocycles. The largest absolute Gasteiger partial charge is 1.00 e. The van der Waals surface area contributed by atoms with Crippen molar-refractivity contribution in [2.45, 2.75) is 0 Å². The summed E-state index contributed by atoms with van der Waals surface area (Å²) in [4.78, 5) is 22.9. The summed E-state index contributed by atoms with van der Waals surface area (Å²) in [6.07, 6.45) is 0. The van der Waals surface area contributed by atoms with Gasteiger partial charge in [0.05, 0.1) is 0 Å². The van der Waals surface area contributed by atoms with Crippen LogP contribution in [0.3, 0.4) is 0 Å². The van der Waals surface area contributed by atoms with E-state index in [1.807, 2.05) is 0 Å². The maximum Gasteiger partial charge on any atom is 1.00 e. The van der Waals surface area contributed by atoms with Gasteiger partial charge in [-0.05, 0) is 0 Å². The molecule has 0 bridgehead atoms. The molecular weight excluding hydrogens is 262 g/mol. The quantitative estimate of drug-likeness (QED) is 0.217. The Morgan fingerprint density at radius 3 is 1.31 bits per heavy atom. The third-order valence-corrected chi connectivity index (χ3v) is 1.05. The van der Waals surface area contributed by atoms with Crippen molar-refractivity contribution in [3.63, 3.8) is 0 Å². The van der Waals surface area contributed by atoms with Crippen molar-refractivity contribution < 1.29 is 70.0 Å². The van der Waals surface area contributed by atoms with Crippen LogP contribution in [0.1, 0.15) is 0 Å². The van der Waals surface area contributed by atoms with Crippen molar-refractivity contribution in [3.05, 3.63) is 0 Å². The first-order valence-corrected chi connectivity index (χ1v) is 5.39. The van der Waals surface area contributed by atoms with E-state index >= 15 is 0 Å². The molecule has 9 nitrogen and oxygen atoms in total. The predicted molar refractivity (Wildman–Crippen MR) is 34.7 cm³/mol. The second kappa shape index (κ2) is 9.83. The molecule has 0 aromatic rings. The molecule has 0 saturated carbocycles. The van der Waals surface area contributed by atoms with E-state index < -0.39 is 30.5 Å². The zero-order valence-electron chi connectivity index (χ0n) is 6.09. The molecule has 13 heteroatoms. The van der Waals surface area contributed by atoms with Gasteiger partial charge in [-0.3, -0.25) is 13.7 Å². The summed E-state index contributed by atoms with van der Waals surface area (Å²) in [5.41, 5.74) is 0. The van der Waals surface area contributed by atoms with Gasteiger partial charge in [-0.15, -0.1) is 3.63 Å². The van der Waals surface area contributed by atoms with Gasteiger partial charge in [0.25, 0.3) is 7.82 Å². The molecule has 13 heavy (non-hydrogen) atoms. The van der Waals surface area contributed by atoms with Crippen molar-refractivity contribution in [3.8, 4) is 0 Å². The van der Waals surface area contributed by atoms with Crippen LogP contribution < -0.4 is 34.5 Å². The fourth-order valence-corrected chi connectivity index (χ4v) is 0.448. The van der Waals surface area contributed by atoms with Gasteiger partial charge in [0, 0.05) is 0 Å². The Labute approximate surface area is 100 Å². The zero-order chi connectivity index (χ0) is 10.4. The summed E-state index contributed by atoms with van der Waals surface area (Å²) in [5.74, 6) is 0. The van der Waals surface area contributed by atoms with E-state index in [-0.39, 0.29) is 29.6 Å². The molecular formula is H4NaO9PS2. The van der Waals surface area contributed by atoms with Crippen LogP contribution in [0.5, 0.6) is 0 Å². The predicted octanol–water partition coefficient (Wildman–Crippen LogP) is -5.28. The van der Waals surface area contributed by atoms with Gasteiger partial charge in [-0.2, -0.15) is 8.42 Å². The minimum absolute atomic E-state index is 0. The van der Waals surface area contributed by atoms with Crippen LogP contribution in [0.15, 0.2) is 0 Å². The molecule has 0 atom stereocenters. The van der Waals surface area contributed by atoms with Gasteiger partial charge in [0.1, 0.15) is 0 Å². The molecule has 0 unspecified atom stereocenters. The van der Waals surface area contributed by atoms with Gasteiger partial charge >= 0.3 is 52.3 Å². The molecule has 0 rings (SSSR count). The molecule has 0 aliphatic rings. The van der Waals surface area contributed by atoms with E-state index in [9.17, 15) is 8.42 Å². The van der Waals surface area contributed by atoms with Crippen LogP contribution >= 0.6 is 7.82 Å². The summed E-state index contributed by atoms with van der Waals surface area (Å²) in [6.45, 7) is 0. The molecule has 0 aromatic carbocycles. The van der Waals surface area contributed by atoms with E-state index in [2.05, 4.69) is 3.63 Å². The Morgan fingerprint density at radius 1 is 1.15 bits per heavy atom. The van der Waals surface area contributed by atoms with Crippen LogP contribution in [0.4, 0.5) is 0 Å². The summed E-state index contributed by atoms with van der Waals surface area (Å²) in [7, 11) is -4.89. The standard InChI is InChI=1S/Na.H2O5S2.H3O4P/c;1-6(2)5-7(3)4;1-5(2,3)4/h;(H,1,2)(H,3,4);(H3,1,2,3,4)/q+1;;/p-1. The van der Waals surface area contributed by atoms with Crippen LogP contribution in [-0.4, -0.2) is 27.3 Å². The van der Waals surface area contributed by atoms with Crippen molar-refractivity contribution in [1.82, 2.24) is 0 Å². The molecule has 0 heterocycles. The molecule has 0 aromatic heterocycles. The summed E-state index contributed by atoms with van der Waals surface area (Å²) < 4.78 is 46.0. The van der Waals surface area contributed by atoms with Gasteiger partial charge in [0.2, 0.25) is 0 Å². The maximum atomic E-state index is 9.35. The average molecular weight is 266 g/mol. The van der Waals surface area contributed by atoms with Gasteiger partial charge < -0.3 is 14.7 Å². The first kappa shape index (κ1) is 19.8. The average Bonchev–Trinajstić information content (AvgIpc) is 1.52. The van der Waals surface area contributed by atoms with Crippen molar-refractivity contribution >= 4 is 30.5 Å². The number of hydrogen-bond donors (Lipinski definition) is 4. The van der Waals surface area contributed by atoms with E-state index in [4.69, 9.17) is 28.4 Å². The minimum atomic E-state index is -4.89. The molecule has 0 radical (unpaired) electrons. The van der Waals surface area contributed by atoms with E-state index in [1.165, 1.54) is 0 Å². The van der Waals surface area contributed by atoms with E-state index in [1.54, 1.807) is 0 Å². The van der Waals surface area contributed by atoms with Crippen LogP contribution in [0.25, 0.3) is 0 Å². The molecule has 76 valence electrons. The molecule has 4 N–H and O–H groups in total. The Bertz CT molecular complexity index is 185. The SMILES string of the molecule is O=P([O-])(O)O.O=S(O)OS(=O)O.[Na+]. The normalized spacial score (nSPS) is 14.5. The summed E-state index contributed by atoms with van der Waals surface area (Å²) in [6, 6.07) is 0. The maximum absolute atomic E-state index is 9.35. The van der Waals surface area contributed by atoms with Gasteiger partial charge in [-0.1, -0.05) is 0 Å². The van der Waals surface area contributed by atoms with E-state index in [0.717, 1.165) is 0 Å². The fraction of sp³-hybridized carbons (Fsp3) is 0. The van der Waals surface area contributed by atoms with E-state index in [0.29, 0.717) is 0 Å². The fourth-order valence-electron chi connectivity index (χ4n) is 0.0498. The monoisotopic (exact) mass is 266 g/mol. The van der Waals surface area contributed by atoms with Crippen molar-refractivity contribution in [2.24, 2.45) is 0 Å². The molecule has 0 amide bonds. The van der Waals surface area contributed by atoms with Crippen LogP contribution in [0, 0.1) is 0 Å². The van der Waals surface area contributed by atoms with Crippen LogP contribution in [0.2, 0.25) is 0 Å². The van der Waals surface area contributed by atoms with Crippen LogP contribution in [-0.2, 0) is 30.9 Å². The Balaban J connectivity index is -0.000000150. The van der Waals surface area contributed by atoms with Gasteiger partial charge in [0.15, 0.2) is 0 Å². The second-order valence-corrected chi connectivity index (χ2v) is 3.39. The Hall–Kier alpha value is 1.29. The molecule has 0 fully saturated rings. The first-order chi connectivity index (χ1) is 5.13. The Morgan fingerprint density at radius 2 is 1.31 bits per heavy atom. The third kappa shape index (κ3) is 60.5. The molecule has 0 aliphatic carbocycles. The first-order valence-electron chi connectivity index (χ1n) is 1.80. The topological polar surface area (TPSA) is 164 Å². The zero-order valence-corrected chi connectivity index (χ0v) is 10.6. The number of phosphoric acid groups is 1. The smallest absolute Gasteiger partial charge is 0.756 e. The summed E-state index contributed by atoms with van der Waals surface area (Å²) in [5, 5.41) is 0. The molecule has 0 spiro atoms.